The second kappa shape index (κ2) is 4.70. The molecule has 1 aromatic heterocycles. The molecule has 0 spiro atoms. The molecule has 0 saturated carbocycles. The van der Waals surface area contributed by atoms with Gasteiger partial charge >= 0.3 is 0 Å². The van der Waals surface area contributed by atoms with Crippen molar-refractivity contribution < 1.29 is 4.18 Å². The van der Waals surface area contributed by atoms with Gasteiger partial charge in [0.1, 0.15) is 5.15 Å². The monoisotopic (exact) mass is 203 g/mol. The Morgan fingerprint density at radius 3 is 2.83 bits per heavy atom. The number of pyridine rings is 1. The van der Waals surface area contributed by atoms with Crippen LogP contribution in [0.5, 0.6) is 0 Å². The number of rotatable bonds is 3. The highest BCUT2D eigenvalue weighted by Crippen LogP contribution is 2.27. The second-order valence-electron chi connectivity index (χ2n) is 2.32. The van der Waals surface area contributed by atoms with Gasteiger partial charge in [-0.3, -0.25) is 0 Å². The Bertz CT molecular complexity index is 239. The van der Waals surface area contributed by atoms with E-state index < -0.39 is 0 Å². The highest BCUT2D eigenvalue weighted by molar-refractivity contribution is 7.94. The van der Waals surface area contributed by atoms with Gasteiger partial charge < -0.3 is 4.18 Å². The maximum atomic E-state index is 5.64. The zero-order valence-electron chi connectivity index (χ0n) is 6.95. The van der Waals surface area contributed by atoms with Crippen LogP contribution in [0.3, 0.4) is 0 Å². The van der Waals surface area contributed by atoms with Crippen molar-refractivity contribution in [2.45, 2.75) is 12.2 Å². The first-order chi connectivity index (χ1) is 5.74. The van der Waals surface area contributed by atoms with E-state index in [1.54, 1.807) is 19.4 Å². The molecule has 0 aromatic carbocycles. The summed E-state index contributed by atoms with van der Waals surface area (Å²) in [7, 11) is 1.66. The molecule has 0 aliphatic carbocycles. The van der Waals surface area contributed by atoms with Gasteiger partial charge in [0.05, 0.1) is 12.4 Å². The van der Waals surface area contributed by atoms with Crippen LogP contribution in [0.25, 0.3) is 0 Å². The lowest BCUT2D eigenvalue weighted by molar-refractivity contribution is 0.485. The van der Waals surface area contributed by atoms with Crippen molar-refractivity contribution in [1.29, 1.82) is 0 Å². The normalized spacial score (nSPS) is 12.9. The van der Waals surface area contributed by atoms with Gasteiger partial charge in [-0.2, -0.15) is 0 Å². The zero-order valence-corrected chi connectivity index (χ0v) is 8.52. The summed E-state index contributed by atoms with van der Waals surface area (Å²) in [5.41, 5.74) is 1.12. The van der Waals surface area contributed by atoms with Crippen LogP contribution in [0.2, 0.25) is 5.15 Å². The lowest BCUT2D eigenvalue weighted by Gasteiger charge is -2.07. The third-order valence-corrected chi connectivity index (χ3v) is 2.44. The number of hydrogen-bond acceptors (Lipinski definition) is 3. The van der Waals surface area contributed by atoms with Gasteiger partial charge in [-0.05, 0) is 30.6 Å². The average molecular weight is 204 g/mol. The molecular formula is C8H10ClNOS. The Labute approximate surface area is 81.5 Å². The first kappa shape index (κ1) is 9.84. The van der Waals surface area contributed by atoms with Crippen molar-refractivity contribution in [2.75, 3.05) is 7.11 Å². The zero-order chi connectivity index (χ0) is 8.97. The van der Waals surface area contributed by atoms with Gasteiger partial charge in [-0.1, -0.05) is 17.7 Å². The first-order valence-electron chi connectivity index (χ1n) is 3.55. The van der Waals surface area contributed by atoms with Gasteiger partial charge in [0, 0.05) is 6.20 Å². The lowest BCUT2D eigenvalue weighted by atomic mass is 10.2. The van der Waals surface area contributed by atoms with Crippen LogP contribution in [0.15, 0.2) is 18.3 Å². The SMILES string of the molecule is COSC(C)c1ccc(Cl)nc1. The van der Waals surface area contributed by atoms with Crippen LogP contribution in [-0.4, -0.2) is 12.1 Å². The maximum Gasteiger partial charge on any atom is 0.129 e. The van der Waals surface area contributed by atoms with E-state index in [0.717, 1.165) is 5.56 Å². The fourth-order valence-electron chi connectivity index (χ4n) is 0.828. The molecule has 0 N–H and O–H groups in total. The fourth-order valence-corrected chi connectivity index (χ4v) is 1.48. The van der Waals surface area contributed by atoms with Crippen molar-refractivity contribution in [3.8, 4) is 0 Å². The summed E-state index contributed by atoms with van der Waals surface area (Å²) in [4.78, 5) is 3.98. The molecule has 0 aliphatic rings. The maximum absolute atomic E-state index is 5.64. The second-order valence-corrected chi connectivity index (χ2v) is 3.94. The van der Waals surface area contributed by atoms with E-state index >= 15 is 0 Å². The largest absolute Gasteiger partial charge is 0.318 e. The molecule has 0 amide bonds. The molecule has 0 radical (unpaired) electrons. The summed E-state index contributed by atoms with van der Waals surface area (Å²) in [5.74, 6) is 0. The van der Waals surface area contributed by atoms with Crippen LogP contribution in [0.1, 0.15) is 17.7 Å². The van der Waals surface area contributed by atoms with E-state index in [2.05, 4.69) is 11.9 Å². The molecular weight excluding hydrogens is 194 g/mol. The minimum Gasteiger partial charge on any atom is -0.318 e. The Morgan fingerprint density at radius 2 is 2.33 bits per heavy atom. The molecule has 0 fully saturated rings. The average Bonchev–Trinajstić information content (AvgIpc) is 2.06. The first-order valence-corrected chi connectivity index (χ1v) is 4.73. The summed E-state index contributed by atoms with van der Waals surface area (Å²) >= 11 is 7.05. The minimum atomic E-state index is 0.291. The van der Waals surface area contributed by atoms with E-state index in [-0.39, 0.29) is 0 Å². The van der Waals surface area contributed by atoms with Gasteiger partial charge in [-0.15, -0.1) is 0 Å². The molecule has 1 atom stereocenters. The van der Waals surface area contributed by atoms with Gasteiger partial charge in [0.25, 0.3) is 0 Å². The number of hydrogen-bond donors (Lipinski definition) is 0. The van der Waals surface area contributed by atoms with Gasteiger partial charge in [-0.25, -0.2) is 4.98 Å². The Kier molecular flexibility index (Phi) is 3.85. The van der Waals surface area contributed by atoms with E-state index in [1.165, 1.54) is 12.0 Å². The van der Waals surface area contributed by atoms with Crippen molar-refractivity contribution in [1.82, 2.24) is 4.98 Å². The summed E-state index contributed by atoms with van der Waals surface area (Å²) < 4.78 is 4.94. The fraction of sp³-hybridized carbons (Fsp3) is 0.375. The van der Waals surface area contributed by atoms with Gasteiger partial charge in [0.2, 0.25) is 0 Å². The Morgan fingerprint density at radius 1 is 1.58 bits per heavy atom. The summed E-state index contributed by atoms with van der Waals surface area (Å²) in [6.45, 7) is 2.05. The van der Waals surface area contributed by atoms with E-state index in [9.17, 15) is 0 Å². The molecule has 4 heteroatoms. The highest BCUT2D eigenvalue weighted by Gasteiger charge is 2.05. The highest BCUT2D eigenvalue weighted by atomic mass is 35.5. The van der Waals surface area contributed by atoms with Crippen molar-refractivity contribution in [3.63, 3.8) is 0 Å². The predicted octanol–water partition coefficient (Wildman–Crippen LogP) is 3.09. The van der Waals surface area contributed by atoms with Crippen LogP contribution in [0.4, 0.5) is 0 Å². The molecule has 1 heterocycles. The van der Waals surface area contributed by atoms with Crippen molar-refractivity contribution >= 4 is 23.6 Å². The lowest BCUT2D eigenvalue weighted by Crippen LogP contribution is -1.89. The van der Waals surface area contributed by atoms with Crippen LogP contribution in [-0.2, 0) is 4.18 Å². The summed E-state index contributed by atoms with van der Waals surface area (Å²) in [5, 5.41) is 0.813. The van der Waals surface area contributed by atoms with Crippen LogP contribution < -0.4 is 0 Å². The van der Waals surface area contributed by atoms with E-state index in [1.807, 2.05) is 6.07 Å². The number of halogens is 1. The molecule has 0 saturated heterocycles. The van der Waals surface area contributed by atoms with Crippen molar-refractivity contribution in [2.24, 2.45) is 0 Å². The van der Waals surface area contributed by atoms with E-state index in [0.29, 0.717) is 10.4 Å². The molecule has 1 rings (SSSR count). The quantitative estimate of drug-likeness (QED) is 0.557. The van der Waals surface area contributed by atoms with Gasteiger partial charge in [0.15, 0.2) is 0 Å². The summed E-state index contributed by atoms with van der Waals surface area (Å²) in [6, 6.07) is 3.73. The predicted molar refractivity (Wildman–Crippen MR) is 52.3 cm³/mol. The topological polar surface area (TPSA) is 22.1 Å². The minimum absolute atomic E-state index is 0.291. The Balaban J connectivity index is 2.68. The third kappa shape index (κ3) is 2.66. The third-order valence-electron chi connectivity index (χ3n) is 1.46. The summed E-state index contributed by atoms with van der Waals surface area (Å²) in [6.07, 6.45) is 1.76. The van der Waals surface area contributed by atoms with Crippen LogP contribution in [0, 0.1) is 0 Å². The Hall–Kier alpha value is -0.250. The molecule has 0 bridgehead atoms. The standard InChI is InChI=1S/C8H10ClNOS/c1-6(12-11-2)7-3-4-8(9)10-5-7/h3-6H,1-2H3. The molecule has 1 unspecified atom stereocenters. The molecule has 2 nitrogen and oxygen atoms in total. The van der Waals surface area contributed by atoms with Crippen LogP contribution >= 0.6 is 23.6 Å². The molecule has 12 heavy (non-hydrogen) atoms. The number of nitrogens with zero attached hydrogens (tertiary/aromatic N) is 1. The molecule has 1 aromatic rings. The number of aromatic nitrogens is 1. The molecule has 66 valence electrons. The smallest absolute Gasteiger partial charge is 0.129 e. The van der Waals surface area contributed by atoms with Crippen molar-refractivity contribution in [3.05, 3.63) is 29.0 Å². The molecule has 0 aliphatic heterocycles. The van der Waals surface area contributed by atoms with E-state index in [4.69, 9.17) is 15.8 Å².